The summed E-state index contributed by atoms with van der Waals surface area (Å²) in [6.07, 6.45) is 3.68. The van der Waals surface area contributed by atoms with Crippen LogP contribution in [0.3, 0.4) is 0 Å². The number of nitrogens with one attached hydrogen (secondary N) is 1. The second-order valence-electron chi connectivity index (χ2n) is 5.42. The van der Waals surface area contributed by atoms with Crippen LogP contribution in [0.1, 0.15) is 33.1 Å². The third kappa shape index (κ3) is 2.40. The largest absolute Gasteiger partial charge is 0.342 e. The number of nitrogens with zero attached hydrogens (tertiary/aromatic N) is 1. The Hall–Kier alpha value is -0.570. The van der Waals surface area contributed by atoms with Gasteiger partial charge < -0.3 is 10.2 Å². The lowest BCUT2D eigenvalue weighted by molar-refractivity contribution is -0.137. The van der Waals surface area contributed by atoms with Gasteiger partial charge in [0.1, 0.15) is 0 Å². The van der Waals surface area contributed by atoms with Crippen molar-refractivity contribution in [3.05, 3.63) is 0 Å². The quantitative estimate of drug-likeness (QED) is 0.771. The van der Waals surface area contributed by atoms with E-state index >= 15 is 0 Å². The minimum absolute atomic E-state index is 0.234. The molecule has 0 aromatic carbocycles. The first kappa shape index (κ1) is 11.9. The first-order chi connectivity index (χ1) is 7.72. The molecule has 2 rings (SSSR count). The highest BCUT2D eigenvalue weighted by atomic mass is 16.2. The average molecular weight is 224 g/mol. The molecule has 0 aromatic rings. The normalized spacial score (nSPS) is 32.0. The highest BCUT2D eigenvalue weighted by Gasteiger charge is 2.33. The molecule has 3 heteroatoms. The molecule has 2 atom stereocenters. The molecule has 92 valence electrons. The van der Waals surface area contributed by atoms with Gasteiger partial charge in [-0.15, -0.1) is 0 Å². The van der Waals surface area contributed by atoms with E-state index in [0.717, 1.165) is 32.1 Å². The van der Waals surface area contributed by atoms with Crippen LogP contribution >= 0.6 is 0 Å². The van der Waals surface area contributed by atoms with Gasteiger partial charge in [-0.1, -0.05) is 20.3 Å². The van der Waals surface area contributed by atoms with Gasteiger partial charge in [0.15, 0.2) is 0 Å². The summed E-state index contributed by atoms with van der Waals surface area (Å²) in [5.41, 5.74) is 0. The highest BCUT2D eigenvalue weighted by Crippen LogP contribution is 2.24. The molecule has 2 saturated heterocycles. The summed E-state index contributed by atoms with van der Waals surface area (Å²) in [7, 11) is 0. The summed E-state index contributed by atoms with van der Waals surface area (Å²) in [6, 6.07) is 0. The van der Waals surface area contributed by atoms with Crippen LogP contribution in [0.25, 0.3) is 0 Å². The summed E-state index contributed by atoms with van der Waals surface area (Å²) >= 11 is 0. The molecule has 0 aliphatic carbocycles. The van der Waals surface area contributed by atoms with Crippen LogP contribution < -0.4 is 5.32 Å². The van der Waals surface area contributed by atoms with E-state index in [-0.39, 0.29) is 5.92 Å². The zero-order valence-electron chi connectivity index (χ0n) is 10.5. The maximum atomic E-state index is 12.3. The first-order valence-corrected chi connectivity index (χ1v) is 6.72. The van der Waals surface area contributed by atoms with Crippen molar-refractivity contribution in [2.45, 2.75) is 33.1 Å². The number of likely N-dealkylation sites (tertiary alicyclic amines) is 1. The Bertz CT molecular complexity index is 246. The third-order valence-electron chi connectivity index (χ3n) is 4.34. The van der Waals surface area contributed by atoms with E-state index < -0.39 is 0 Å². The van der Waals surface area contributed by atoms with Gasteiger partial charge in [0.2, 0.25) is 5.91 Å². The van der Waals surface area contributed by atoms with E-state index in [1.807, 2.05) is 0 Å². The zero-order valence-corrected chi connectivity index (χ0v) is 10.5. The van der Waals surface area contributed by atoms with Crippen molar-refractivity contribution in [2.75, 3.05) is 26.2 Å². The highest BCUT2D eigenvalue weighted by molar-refractivity contribution is 5.79. The Morgan fingerprint density at radius 1 is 1.31 bits per heavy atom. The topological polar surface area (TPSA) is 32.3 Å². The number of hydrogen-bond donors (Lipinski definition) is 1. The minimum atomic E-state index is 0.234. The average Bonchev–Trinajstić information content (AvgIpc) is 2.75. The molecule has 1 amide bonds. The number of amides is 1. The summed E-state index contributed by atoms with van der Waals surface area (Å²) in [4.78, 5) is 14.4. The van der Waals surface area contributed by atoms with Crippen molar-refractivity contribution in [1.29, 1.82) is 0 Å². The molecule has 2 heterocycles. The molecular weight excluding hydrogens is 200 g/mol. The number of carbonyl (C=O) groups excluding carboxylic acids is 1. The molecule has 2 fully saturated rings. The van der Waals surface area contributed by atoms with Gasteiger partial charge in [-0.2, -0.15) is 0 Å². The summed E-state index contributed by atoms with van der Waals surface area (Å²) < 4.78 is 0. The predicted octanol–water partition coefficient (Wildman–Crippen LogP) is 1.49. The van der Waals surface area contributed by atoms with Gasteiger partial charge in [0, 0.05) is 19.6 Å². The van der Waals surface area contributed by atoms with Crippen molar-refractivity contribution in [1.82, 2.24) is 10.2 Å². The van der Waals surface area contributed by atoms with Crippen LogP contribution in [0, 0.1) is 17.8 Å². The fourth-order valence-corrected chi connectivity index (χ4v) is 2.94. The fraction of sp³-hybridized carbons (Fsp3) is 0.923. The second-order valence-corrected chi connectivity index (χ2v) is 5.42. The molecule has 1 N–H and O–H groups in total. The molecule has 0 aromatic heterocycles. The molecule has 3 nitrogen and oxygen atoms in total. The third-order valence-corrected chi connectivity index (χ3v) is 4.34. The number of piperidine rings is 1. The van der Waals surface area contributed by atoms with Crippen molar-refractivity contribution < 1.29 is 4.79 Å². The van der Waals surface area contributed by atoms with Gasteiger partial charge >= 0.3 is 0 Å². The van der Waals surface area contributed by atoms with E-state index in [9.17, 15) is 4.79 Å². The van der Waals surface area contributed by atoms with Crippen molar-refractivity contribution >= 4 is 5.91 Å². The predicted molar refractivity (Wildman–Crippen MR) is 65.1 cm³/mol. The summed E-state index contributed by atoms with van der Waals surface area (Å²) in [5, 5.41) is 3.31. The second kappa shape index (κ2) is 5.17. The zero-order chi connectivity index (χ0) is 11.5. The van der Waals surface area contributed by atoms with Gasteiger partial charge in [0.05, 0.1) is 5.92 Å². The van der Waals surface area contributed by atoms with E-state index in [0.29, 0.717) is 11.8 Å². The number of rotatable bonds is 2. The Morgan fingerprint density at radius 2 is 2.00 bits per heavy atom. The number of hydrogen-bond acceptors (Lipinski definition) is 2. The maximum absolute atomic E-state index is 12.3. The molecule has 0 bridgehead atoms. The SMILES string of the molecule is CCC1CCN(C(=O)[C@@H]2CNC[C@H]2C)CC1. The molecule has 0 spiro atoms. The van der Waals surface area contributed by atoms with Gasteiger partial charge in [-0.05, 0) is 31.2 Å². The van der Waals surface area contributed by atoms with Crippen LogP contribution in [-0.2, 0) is 4.79 Å². The van der Waals surface area contributed by atoms with E-state index in [1.54, 1.807) is 0 Å². The van der Waals surface area contributed by atoms with Crippen molar-refractivity contribution in [3.63, 3.8) is 0 Å². The molecule has 2 aliphatic heterocycles. The smallest absolute Gasteiger partial charge is 0.227 e. The Balaban J connectivity index is 1.86. The summed E-state index contributed by atoms with van der Waals surface area (Å²) in [6.45, 7) is 8.29. The minimum Gasteiger partial charge on any atom is -0.342 e. The maximum Gasteiger partial charge on any atom is 0.227 e. The van der Waals surface area contributed by atoms with Gasteiger partial charge in [-0.25, -0.2) is 0 Å². The lowest BCUT2D eigenvalue weighted by Crippen LogP contribution is -2.43. The fourth-order valence-electron chi connectivity index (χ4n) is 2.94. The molecule has 16 heavy (non-hydrogen) atoms. The van der Waals surface area contributed by atoms with Crippen LogP contribution in [-0.4, -0.2) is 37.0 Å². The van der Waals surface area contributed by atoms with E-state index in [4.69, 9.17) is 0 Å². The van der Waals surface area contributed by atoms with Crippen LogP contribution in [0.4, 0.5) is 0 Å². The molecule has 0 unspecified atom stereocenters. The number of carbonyl (C=O) groups is 1. The van der Waals surface area contributed by atoms with Gasteiger partial charge in [0.25, 0.3) is 0 Å². The lowest BCUT2D eigenvalue weighted by Gasteiger charge is -2.33. The first-order valence-electron chi connectivity index (χ1n) is 6.72. The molecular formula is C13H24N2O. The Morgan fingerprint density at radius 3 is 2.50 bits per heavy atom. The molecule has 2 aliphatic rings. The van der Waals surface area contributed by atoms with Gasteiger partial charge in [-0.3, -0.25) is 4.79 Å². The summed E-state index contributed by atoms with van der Waals surface area (Å²) in [5.74, 6) is 1.99. The van der Waals surface area contributed by atoms with Crippen LogP contribution in [0.2, 0.25) is 0 Å². The Kier molecular flexibility index (Phi) is 3.85. The van der Waals surface area contributed by atoms with E-state index in [2.05, 4.69) is 24.1 Å². The molecule has 0 saturated carbocycles. The standard InChI is InChI=1S/C13H24N2O/c1-3-11-4-6-15(7-5-11)13(16)12-9-14-8-10(12)2/h10-12,14H,3-9H2,1-2H3/t10-,12-/m1/s1. The van der Waals surface area contributed by atoms with E-state index in [1.165, 1.54) is 19.3 Å². The van der Waals surface area contributed by atoms with Crippen molar-refractivity contribution in [3.8, 4) is 0 Å². The monoisotopic (exact) mass is 224 g/mol. The van der Waals surface area contributed by atoms with Crippen molar-refractivity contribution in [2.24, 2.45) is 17.8 Å². The lowest BCUT2D eigenvalue weighted by atomic mass is 9.91. The Labute approximate surface area is 98.6 Å². The molecule has 0 radical (unpaired) electrons. The van der Waals surface area contributed by atoms with Crippen LogP contribution in [0.15, 0.2) is 0 Å². The van der Waals surface area contributed by atoms with Crippen LogP contribution in [0.5, 0.6) is 0 Å².